The van der Waals surface area contributed by atoms with Crippen molar-refractivity contribution in [3.05, 3.63) is 36.0 Å². The molecule has 1 aliphatic heterocycles. The Hall–Kier alpha value is -2.63. The van der Waals surface area contributed by atoms with Crippen molar-refractivity contribution in [2.24, 2.45) is 5.92 Å². The average Bonchev–Trinajstić information content (AvgIpc) is 3.00. The minimum absolute atomic E-state index is 0.0221. The maximum Gasteiger partial charge on any atom is 0.310 e. The van der Waals surface area contributed by atoms with Gasteiger partial charge in [0.05, 0.1) is 13.0 Å². The first kappa shape index (κ1) is 17.2. The van der Waals surface area contributed by atoms with E-state index in [9.17, 15) is 14.4 Å². The predicted octanol–water partition coefficient (Wildman–Crippen LogP) is 2.26. The molecule has 1 aromatic heterocycles. The highest BCUT2D eigenvalue weighted by molar-refractivity contribution is 6.07. The Morgan fingerprint density at radius 2 is 2.00 bits per heavy atom. The van der Waals surface area contributed by atoms with Crippen LogP contribution >= 0.6 is 0 Å². The molecule has 0 bridgehead atoms. The number of Topliss-reactive ketones (excluding diaryl/α,β-unsaturated/α-hetero) is 1. The third-order valence-electron chi connectivity index (χ3n) is 4.78. The number of carbonyl (C=O) groups is 3. The monoisotopic (exact) mass is 342 g/mol. The molecular weight excluding hydrogens is 320 g/mol. The van der Waals surface area contributed by atoms with Crippen molar-refractivity contribution in [1.82, 2.24) is 9.47 Å². The summed E-state index contributed by atoms with van der Waals surface area (Å²) in [6.07, 6.45) is 3.28. The number of ketones is 1. The summed E-state index contributed by atoms with van der Waals surface area (Å²) in [6.45, 7) is 2.72. The Morgan fingerprint density at radius 3 is 2.72 bits per heavy atom. The van der Waals surface area contributed by atoms with Gasteiger partial charge in [0.25, 0.3) is 0 Å². The average molecular weight is 342 g/mol. The van der Waals surface area contributed by atoms with E-state index in [1.165, 1.54) is 14.0 Å². The van der Waals surface area contributed by atoms with Gasteiger partial charge in [-0.05, 0) is 25.8 Å². The van der Waals surface area contributed by atoms with Gasteiger partial charge in [0.1, 0.15) is 6.54 Å². The number of piperidine rings is 1. The van der Waals surface area contributed by atoms with Gasteiger partial charge in [0, 0.05) is 35.8 Å². The highest BCUT2D eigenvalue weighted by atomic mass is 16.5. The Kier molecular flexibility index (Phi) is 4.88. The number of carbonyl (C=O) groups excluding carboxylic acids is 3. The first-order valence-electron chi connectivity index (χ1n) is 8.45. The van der Waals surface area contributed by atoms with Gasteiger partial charge in [-0.25, -0.2) is 0 Å². The maximum absolute atomic E-state index is 12.7. The molecule has 3 rings (SSSR count). The SMILES string of the molecule is COC(=O)[C@H]1CCCN(C(=O)Cn2cc(C(C)=O)c3ccccc32)C1. The molecule has 2 aromatic rings. The highest BCUT2D eigenvalue weighted by Gasteiger charge is 2.29. The fourth-order valence-electron chi connectivity index (χ4n) is 3.47. The number of para-hydroxylation sites is 1. The van der Waals surface area contributed by atoms with Gasteiger partial charge < -0.3 is 14.2 Å². The van der Waals surface area contributed by atoms with Crippen molar-refractivity contribution in [3.8, 4) is 0 Å². The van der Waals surface area contributed by atoms with Crippen molar-refractivity contribution in [2.75, 3.05) is 20.2 Å². The van der Waals surface area contributed by atoms with Crippen LogP contribution in [0, 0.1) is 5.92 Å². The normalized spacial score (nSPS) is 17.5. The number of methoxy groups -OCH3 is 1. The second-order valence-corrected chi connectivity index (χ2v) is 6.45. The van der Waals surface area contributed by atoms with Crippen LogP contribution in [-0.4, -0.2) is 47.3 Å². The maximum atomic E-state index is 12.7. The molecule has 6 heteroatoms. The summed E-state index contributed by atoms with van der Waals surface area (Å²) in [5.41, 5.74) is 1.48. The molecule has 1 amide bonds. The molecule has 25 heavy (non-hydrogen) atoms. The first-order chi connectivity index (χ1) is 12.0. The Balaban J connectivity index is 1.80. The van der Waals surface area contributed by atoms with Crippen LogP contribution in [0.25, 0.3) is 10.9 Å². The van der Waals surface area contributed by atoms with Crippen LogP contribution in [0.2, 0.25) is 0 Å². The van der Waals surface area contributed by atoms with E-state index >= 15 is 0 Å². The van der Waals surface area contributed by atoms with E-state index in [-0.39, 0.29) is 30.1 Å². The number of likely N-dealkylation sites (tertiary alicyclic amines) is 1. The summed E-state index contributed by atoms with van der Waals surface area (Å²) >= 11 is 0. The fraction of sp³-hybridized carbons (Fsp3) is 0.421. The minimum atomic E-state index is -0.261. The lowest BCUT2D eigenvalue weighted by molar-refractivity contribution is -0.149. The van der Waals surface area contributed by atoms with Crippen LogP contribution in [0.4, 0.5) is 0 Å². The van der Waals surface area contributed by atoms with E-state index in [2.05, 4.69) is 0 Å². The Bertz CT molecular complexity index is 824. The number of esters is 1. The van der Waals surface area contributed by atoms with E-state index in [1.807, 2.05) is 28.8 Å². The number of hydrogen-bond donors (Lipinski definition) is 0. The number of aromatic nitrogens is 1. The molecule has 1 aliphatic rings. The van der Waals surface area contributed by atoms with Crippen LogP contribution < -0.4 is 0 Å². The van der Waals surface area contributed by atoms with Gasteiger partial charge in [-0.1, -0.05) is 18.2 Å². The molecule has 132 valence electrons. The summed E-state index contributed by atoms with van der Waals surface area (Å²) in [6, 6.07) is 7.57. The van der Waals surface area contributed by atoms with Crippen molar-refractivity contribution >= 4 is 28.6 Å². The standard InChI is InChI=1S/C19H22N2O4/c1-13(22)16-11-21(17-8-4-3-7-15(16)17)12-18(23)20-9-5-6-14(10-20)19(24)25-2/h3-4,7-8,11,14H,5-6,9-10,12H2,1-2H3/t14-/m0/s1. The quantitative estimate of drug-likeness (QED) is 0.631. The zero-order valence-corrected chi connectivity index (χ0v) is 14.5. The summed E-state index contributed by atoms with van der Waals surface area (Å²) in [5.74, 6) is -0.588. The van der Waals surface area contributed by atoms with Crippen molar-refractivity contribution in [1.29, 1.82) is 0 Å². The molecule has 1 aromatic carbocycles. The number of amides is 1. The zero-order chi connectivity index (χ0) is 18.0. The van der Waals surface area contributed by atoms with Crippen LogP contribution in [0.1, 0.15) is 30.1 Å². The zero-order valence-electron chi connectivity index (χ0n) is 14.5. The van der Waals surface area contributed by atoms with Gasteiger partial charge in [-0.3, -0.25) is 14.4 Å². The molecule has 1 saturated heterocycles. The van der Waals surface area contributed by atoms with Gasteiger partial charge in [-0.15, -0.1) is 0 Å². The number of rotatable bonds is 4. The number of benzene rings is 1. The minimum Gasteiger partial charge on any atom is -0.469 e. The molecule has 0 radical (unpaired) electrons. The molecule has 1 fully saturated rings. The van der Waals surface area contributed by atoms with Crippen LogP contribution in [0.3, 0.4) is 0 Å². The summed E-state index contributed by atoms with van der Waals surface area (Å²) in [5, 5.41) is 0.855. The van der Waals surface area contributed by atoms with E-state index < -0.39 is 0 Å². The molecule has 1 atom stereocenters. The smallest absolute Gasteiger partial charge is 0.310 e. The van der Waals surface area contributed by atoms with Gasteiger partial charge in [0.2, 0.25) is 5.91 Å². The molecule has 6 nitrogen and oxygen atoms in total. The van der Waals surface area contributed by atoms with Crippen molar-refractivity contribution in [2.45, 2.75) is 26.3 Å². The highest BCUT2D eigenvalue weighted by Crippen LogP contribution is 2.23. The molecule has 0 spiro atoms. The lowest BCUT2D eigenvalue weighted by atomic mass is 9.98. The van der Waals surface area contributed by atoms with Gasteiger partial charge in [-0.2, -0.15) is 0 Å². The molecule has 0 unspecified atom stereocenters. The van der Waals surface area contributed by atoms with Crippen molar-refractivity contribution in [3.63, 3.8) is 0 Å². The number of nitrogens with zero attached hydrogens (tertiary/aromatic N) is 2. The van der Waals surface area contributed by atoms with Crippen LogP contribution in [-0.2, 0) is 20.9 Å². The Labute approximate surface area is 146 Å². The van der Waals surface area contributed by atoms with Gasteiger partial charge in [0.15, 0.2) is 5.78 Å². The summed E-state index contributed by atoms with van der Waals surface area (Å²) in [4.78, 5) is 38.0. The number of ether oxygens (including phenoxy) is 1. The first-order valence-corrected chi connectivity index (χ1v) is 8.45. The third-order valence-corrected chi connectivity index (χ3v) is 4.78. The lowest BCUT2D eigenvalue weighted by Crippen LogP contribution is -2.43. The summed E-state index contributed by atoms with van der Waals surface area (Å²) < 4.78 is 6.62. The molecule has 2 heterocycles. The predicted molar refractivity (Wildman–Crippen MR) is 93.3 cm³/mol. The summed E-state index contributed by atoms with van der Waals surface area (Å²) in [7, 11) is 1.37. The van der Waals surface area contributed by atoms with E-state index in [0.29, 0.717) is 18.7 Å². The second-order valence-electron chi connectivity index (χ2n) is 6.45. The van der Waals surface area contributed by atoms with E-state index in [4.69, 9.17) is 4.74 Å². The lowest BCUT2D eigenvalue weighted by Gasteiger charge is -2.31. The van der Waals surface area contributed by atoms with E-state index in [0.717, 1.165) is 23.7 Å². The van der Waals surface area contributed by atoms with Gasteiger partial charge >= 0.3 is 5.97 Å². The number of hydrogen-bond acceptors (Lipinski definition) is 4. The Morgan fingerprint density at radius 1 is 1.24 bits per heavy atom. The topological polar surface area (TPSA) is 68.6 Å². The van der Waals surface area contributed by atoms with Crippen molar-refractivity contribution < 1.29 is 19.1 Å². The molecule has 0 saturated carbocycles. The molecular formula is C19H22N2O4. The third kappa shape index (κ3) is 3.43. The molecule has 0 N–H and O–H groups in total. The number of fused-ring (bicyclic) bond motifs is 1. The fourth-order valence-corrected chi connectivity index (χ4v) is 3.47. The van der Waals surface area contributed by atoms with Crippen LogP contribution in [0.15, 0.2) is 30.5 Å². The second kappa shape index (κ2) is 7.09. The molecule has 0 aliphatic carbocycles. The van der Waals surface area contributed by atoms with Crippen LogP contribution in [0.5, 0.6) is 0 Å². The van der Waals surface area contributed by atoms with E-state index in [1.54, 1.807) is 11.1 Å². The largest absolute Gasteiger partial charge is 0.469 e.